The highest BCUT2D eigenvalue weighted by molar-refractivity contribution is 7.97. The Kier molecular flexibility index (Phi) is 9.81. The molecule has 2 aliphatic rings. The zero-order valence-electron chi connectivity index (χ0n) is 20.7. The first-order valence-electron chi connectivity index (χ1n) is 12.5. The molecule has 1 amide bonds. The van der Waals surface area contributed by atoms with Crippen LogP contribution in [0.2, 0.25) is 10.0 Å². The fraction of sp³-hybridized carbons (Fsp3) is 0.519. The van der Waals surface area contributed by atoms with Crippen molar-refractivity contribution in [3.63, 3.8) is 0 Å². The number of amides is 1. The second-order valence-corrected chi connectivity index (χ2v) is 11.4. The van der Waals surface area contributed by atoms with E-state index >= 15 is 0 Å². The highest BCUT2D eigenvalue weighted by Crippen LogP contribution is 2.45. The lowest BCUT2D eigenvalue weighted by molar-refractivity contribution is 0.0556. The van der Waals surface area contributed by atoms with Crippen LogP contribution in [0.5, 0.6) is 5.75 Å². The number of ether oxygens (including phenoxy) is 2. The van der Waals surface area contributed by atoms with E-state index in [0.29, 0.717) is 40.8 Å². The van der Waals surface area contributed by atoms with Crippen molar-refractivity contribution in [3.05, 3.63) is 62.9 Å². The Morgan fingerprint density at radius 3 is 2.44 bits per heavy atom. The number of hydrogen-bond acceptors (Lipinski definition) is 5. The zero-order valence-corrected chi connectivity index (χ0v) is 23.0. The van der Waals surface area contributed by atoms with E-state index in [-0.39, 0.29) is 11.6 Å². The minimum Gasteiger partial charge on any atom is -0.493 e. The molecule has 1 atom stereocenters. The van der Waals surface area contributed by atoms with Crippen molar-refractivity contribution in [1.29, 1.82) is 0 Å². The van der Waals surface area contributed by atoms with Crippen LogP contribution in [0.3, 0.4) is 0 Å². The number of carbonyl (C=O) groups is 1. The van der Waals surface area contributed by atoms with Gasteiger partial charge in [-0.05, 0) is 86.0 Å². The molecule has 1 N–H and O–H groups in total. The van der Waals surface area contributed by atoms with Crippen LogP contribution in [-0.4, -0.2) is 50.0 Å². The van der Waals surface area contributed by atoms with Gasteiger partial charge in [-0.1, -0.05) is 42.1 Å². The Labute approximate surface area is 227 Å². The van der Waals surface area contributed by atoms with Crippen molar-refractivity contribution in [2.45, 2.75) is 44.6 Å². The largest absolute Gasteiger partial charge is 0.493 e. The van der Waals surface area contributed by atoms with Crippen molar-refractivity contribution in [2.75, 3.05) is 39.2 Å². The van der Waals surface area contributed by atoms with E-state index in [1.54, 1.807) is 19.2 Å². The van der Waals surface area contributed by atoms with E-state index in [9.17, 15) is 9.18 Å². The molecule has 2 aromatic carbocycles. The number of benzene rings is 2. The summed E-state index contributed by atoms with van der Waals surface area (Å²) in [5.41, 5.74) is 2.08. The van der Waals surface area contributed by atoms with Crippen LogP contribution in [0, 0.1) is 11.7 Å². The monoisotopic (exact) mass is 554 g/mol. The normalized spacial score (nSPS) is 17.7. The summed E-state index contributed by atoms with van der Waals surface area (Å²) in [5.74, 6) is 1.07. The van der Waals surface area contributed by atoms with Gasteiger partial charge in [0, 0.05) is 29.0 Å². The molecule has 2 fully saturated rings. The minimum absolute atomic E-state index is 0.0770. The first-order chi connectivity index (χ1) is 17.4. The number of piperidine rings is 1. The highest BCUT2D eigenvalue weighted by atomic mass is 35.5. The number of methoxy groups -OCH3 is 1. The van der Waals surface area contributed by atoms with Crippen LogP contribution in [0.1, 0.15) is 66.1 Å². The van der Waals surface area contributed by atoms with Crippen molar-refractivity contribution in [1.82, 2.24) is 9.62 Å². The average molecular weight is 556 g/mol. The fourth-order valence-corrected chi connectivity index (χ4v) is 5.68. The van der Waals surface area contributed by atoms with Gasteiger partial charge in [-0.25, -0.2) is 4.39 Å². The number of halogens is 3. The number of nitrogens with one attached hydrogen (secondary N) is 1. The lowest BCUT2D eigenvalue weighted by Crippen LogP contribution is -2.39. The molecule has 1 saturated carbocycles. The van der Waals surface area contributed by atoms with Gasteiger partial charge in [-0.2, -0.15) is 0 Å². The number of carbonyl (C=O) groups excluding carboxylic acids is 1. The summed E-state index contributed by atoms with van der Waals surface area (Å²) in [7, 11) is 1.70. The molecule has 196 valence electrons. The van der Waals surface area contributed by atoms with Crippen LogP contribution in [0.4, 0.5) is 4.39 Å². The first-order valence-corrected chi connectivity index (χ1v) is 14.2. The number of rotatable bonds is 11. The molecule has 5 nitrogen and oxygen atoms in total. The highest BCUT2D eigenvalue weighted by Gasteiger charge is 2.31. The summed E-state index contributed by atoms with van der Waals surface area (Å²) >= 11 is 13.8. The molecule has 4 rings (SSSR count). The summed E-state index contributed by atoms with van der Waals surface area (Å²) in [6, 6.07) is 8.79. The van der Waals surface area contributed by atoms with Crippen molar-refractivity contribution in [3.8, 4) is 5.75 Å². The van der Waals surface area contributed by atoms with Gasteiger partial charge in [0.25, 0.3) is 5.91 Å². The Balaban J connectivity index is 1.38. The molecule has 9 heteroatoms. The Morgan fingerprint density at radius 2 is 1.83 bits per heavy atom. The van der Waals surface area contributed by atoms with Gasteiger partial charge in [0.15, 0.2) is 0 Å². The number of nitrogens with zero attached hydrogens (tertiary/aromatic N) is 1. The van der Waals surface area contributed by atoms with E-state index in [2.05, 4.69) is 9.62 Å². The second kappa shape index (κ2) is 12.8. The van der Waals surface area contributed by atoms with Crippen LogP contribution < -0.4 is 9.46 Å². The van der Waals surface area contributed by atoms with Crippen molar-refractivity contribution in [2.24, 2.45) is 5.92 Å². The molecule has 0 bridgehead atoms. The third-order valence-corrected chi connectivity index (χ3v) is 7.88. The van der Waals surface area contributed by atoms with E-state index in [4.69, 9.17) is 32.7 Å². The van der Waals surface area contributed by atoms with Gasteiger partial charge in [0.2, 0.25) is 0 Å². The molecule has 1 aliphatic carbocycles. The third kappa shape index (κ3) is 7.07. The standard InChI is InChI=1S/C27H33Cl2FN2O3S/c1-3-36-31-27(33)23-13-22(18-4-5-18)26(14-24(23)30)35-15-17-6-8-32(9-7-17)25(16-34-2)19-10-20(28)12-21(29)11-19/h10-14,17-18,25H,3-9,15-16H2,1-2H3,(H,31,33). The second-order valence-electron chi connectivity index (χ2n) is 9.47. The zero-order chi connectivity index (χ0) is 25.7. The maximum atomic E-state index is 14.8. The van der Waals surface area contributed by atoms with Gasteiger partial charge in [-0.15, -0.1) is 0 Å². The van der Waals surface area contributed by atoms with E-state index in [1.807, 2.05) is 19.1 Å². The summed E-state index contributed by atoms with van der Waals surface area (Å²) < 4.78 is 29.2. The van der Waals surface area contributed by atoms with Crippen LogP contribution in [0.25, 0.3) is 0 Å². The molecule has 36 heavy (non-hydrogen) atoms. The Bertz CT molecular complexity index is 1040. The van der Waals surface area contributed by atoms with Gasteiger partial charge in [-0.3, -0.25) is 14.4 Å². The molecule has 1 saturated heterocycles. The third-order valence-electron chi connectivity index (χ3n) is 6.83. The molecular formula is C27H33Cl2FN2O3S. The van der Waals surface area contributed by atoms with E-state index in [0.717, 1.165) is 55.7 Å². The predicted molar refractivity (Wildman–Crippen MR) is 145 cm³/mol. The lowest BCUT2D eigenvalue weighted by Gasteiger charge is -2.37. The molecule has 1 aliphatic heterocycles. The molecular weight excluding hydrogens is 522 g/mol. The lowest BCUT2D eigenvalue weighted by atomic mass is 9.95. The van der Waals surface area contributed by atoms with Gasteiger partial charge >= 0.3 is 0 Å². The Hall–Kier alpha value is -1.51. The molecule has 0 spiro atoms. The molecule has 2 aromatic rings. The topological polar surface area (TPSA) is 50.8 Å². The van der Waals surface area contributed by atoms with E-state index < -0.39 is 11.7 Å². The van der Waals surface area contributed by atoms with Gasteiger partial charge in [0.1, 0.15) is 11.6 Å². The molecule has 0 radical (unpaired) electrons. The maximum absolute atomic E-state index is 14.8. The molecule has 1 unspecified atom stereocenters. The first kappa shape index (κ1) is 27.5. The number of hydrogen-bond donors (Lipinski definition) is 1. The van der Waals surface area contributed by atoms with Gasteiger partial charge in [0.05, 0.1) is 24.8 Å². The summed E-state index contributed by atoms with van der Waals surface area (Å²) in [6.45, 7) is 4.80. The predicted octanol–water partition coefficient (Wildman–Crippen LogP) is 6.89. The maximum Gasteiger partial charge on any atom is 0.264 e. The molecule has 0 aromatic heterocycles. The SMILES string of the molecule is CCSNC(=O)c1cc(C2CC2)c(OCC2CCN(C(COC)c3cc(Cl)cc(Cl)c3)CC2)cc1F. The van der Waals surface area contributed by atoms with Crippen LogP contribution >= 0.6 is 35.1 Å². The van der Waals surface area contributed by atoms with Crippen molar-refractivity contribution < 1.29 is 18.7 Å². The van der Waals surface area contributed by atoms with Crippen molar-refractivity contribution >= 4 is 41.1 Å². The van der Waals surface area contributed by atoms with E-state index in [1.165, 1.54) is 18.0 Å². The minimum atomic E-state index is -0.541. The van der Waals surface area contributed by atoms with Crippen LogP contribution in [-0.2, 0) is 4.74 Å². The Morgan fingerprint density at radius 1 is 1.14 bits per heavy atom. The molecule has 1 heterocycles. The number of likely N-dealkylation sites (tertiary alicyclic amines) is 1. The smallest absolute Gasteiger partial charge is 0.264 e. The van der Waals surface area contributed by atoms with Crippen LogP contribution in [0.15, 0.2) is 30.3 Å². The fourth-order valence-electron chi connectivity index (χ4n) is 4.75. The van der Waals surface area contributed by atoms with Gasteiger partial charge < -0.3 is 9.47 Å². The summed E-state index contributed by atoms with van der Waals surface area (Å²) in [6.07, 6.45) is 4.01. The summed E-state index contributed by atoms with van der Waals surface area (Å²) in [4.78, 5) is 14.8. The quantitative estimate of drug-likeness (QED) is 0.306. The average Bonchev–Trinajstić information content (AvgIpc) is 3.70. The summed E-state index contributed by atoms with van der Waals surface area (Å²) in [5, 5.41) is 1.24.